The minimum Gasteiger partial charge on any atom is -0.324 e. The SMILES string of the molecule is Cc1ccc(-c2cn3ccccc3n2)cc1NC(=O)CN1C(=O)c2ccccc2C1=O. The molecule has 7 nitrogen and oxygen atoms in total. The quantitative estimate of drug-likeness (QED) is 0.522. The molecule has 0 atom stereocenters. The number of pyridine rings is 1. The lowest BCUT2D eigenvalue weighted by atomic mass is 10.1. The summed E-state index contributed by atoms with van der Waals surface area (Å²) < 4.78 is 1.93. The third-order valence-electron chi connectivity index (χ3n) is 5.35. The number of anilines is 1. The molecule has 5 rings (SSSR count). The Kier molecular flexibility index (Phi) is 4.36. The molecule has 4 aromatic rings. The van der Waals surface area contributed by atoms with Crippen LogP contribution in [0, 0.1) is 6.92 Å². The fraction of sp³-hybridized carbons (Fsp3) is 0.0833. The lowest BCUT2D eigenvalue weighted by molar-refractivity contribution is -0.116. The van der Waals surface area contributed by atoms with Gasteiger partial charge in [-0.2, -0.15) is 0 Å². The van der Waals surface area contributed by atoms with Crippen LogP contribution in [-0.4, -0.2) is 38.6 Å². The first-order valence-electron chi connectivity index (χ1n) is 9.81. The summed E-state index contributed by atoms with van der Waals surface area (Å²) in [4.78, 5) is 43.3. The van der Waals surface area contributed by atoms with E-state index in [2.05, 4.69) is 10.3 Å². The van der Waals surface area contributed by atoms with Crippen LogP contribution in [0.25, 0.3) is 16.9 Å². The van der Waals surface area contributed by atoms with Gasteiger partial charge in [-0.15, -0.1) is 0 Å². The fourth-order valence-electron chi connectivity index (χ4n) is 3.71. The second-order valence-corrected chi connectivity index (χ2v) is 7.41. The standard InChI is InChI=1S/C24H18N4O3/c1-15-9-10-16(20-13-27-11-5-4-8-21(27)25-20)12-19(15)26-22(29)14-28-23(30)17-6-2-3-7-18(17)24(28)31/h2-13H,14H2,1H3,(H,26,29). The normalized spacial score (nSPS) is 13.0. The van der Waals surface area contributed by atoms with Crippen molar-refractivity contribution < 1.29 is 14.4 Å². The van der Waals surface area contributed by atoms with Gasteiger partial charge in [0.05, 0.1) is 16.8 Å². The fourth-order valence-corrected chi connectivity index (χ4v) is 3.71. The van der Waals surface area contributed by atoms with Crippen molar-refractivity contribution in [2.45, 2.75) is 6.92 Å². The maximum absolute atomic E-state index is 12.7. The van der Waals surface area contributed by atoms with E-state index in [1.807, 2.05) is 60.1 Å². The molecule has 2 aromatic heterocycles. The second-order valence-electron chi connectivity index (χ2n) is 7.41. The highest BCUT2D eigenvalue weighted by Gasteiger charge is 2.36. The van der Waals surface area contributed by atoms with Gasteiger partial charge < -0.3 is 9.72 Å². The molecular formula is C24H18N4O3. The van der Waals surface area contributed by atoms with E-state index < -0.39 is 17.7 Å². The van der Waals surface area contributed by atoms with Gasteiger partial charge in [0.15, 0.2) is 0 Å². The monoisotopic (exact) mass is 410 g/mol. The Morgan fingerprint density at radius 3 is 2.39 bits per heavy atom. The number of aryl methyl sites for hydroxylation is 1. The van der Waals surface area contributed by atoms with Crippen molar-refractivity contribution >= 4 is 29.1 Å². The van der Waals surface area contributed by atoms with Crippen LogP contribution in [0.15, 0.2) is 73.1 Å². The topological polar surface area (TPSA) is 83.8 Å². The number of carbonyl (C=O) groups excluding carboxylic acids is 3. The number of benzene rings is 2. The summed E-state index contributed by atoms with van der Waals surface area (Å²) in [7, 11) is 0. The molecule has 0 bridgehead atoms. The molecule has 1 aliphatic heterocycles. The number of imide groups is 1. The molecular weight excluding hydrogens is 392 g/mol. The molecule has 0 saturated carbocycles. The van der Waals surface area contributed by atoms with Crippen molar-refractivity contribution in [2.24, 2.45) is 0 Å². The van der Waals surface area contributed by atoms with Crippen molar-refractivity contribution in [1.82, 2.24) is 14.3 Å². The molecule has 0 unspecified atom stereocenters. The molecule has 152 valence electrons. The Morgan fingerprint density at radius 1 is 0.968 bits per heavy atom. The molecule has 0 spiro atoms. The van der Waals surface area contributed by atoms with Crippen LogP contribution in [0.4, 0.5) is 5.69 Å². The van der Waals surface area contributed by atoms with Crippen molar-refractivity contribution in [3.63, 3.8) is 0 Å². The Bertz CT molecular complexity index is 1300. The maximum atomic E-state index is 12.7. The number of aromatic nitrogens is 2. The number of nitrogens with one attached hydrogen (secondary N) is 1. The highest BCUT2D eigenvalue weighted by atomic mass is 16.2. The van der Waals surface area contributed by atoms with Gasteiger partial charge in [-0.1, -0.05) is 30.3 Å². The van der Waals surface area contributed by atoms with Crippen LogP contribution in [0.2, 0.25) is 0 Å². The average Bonchev–Trinajstić information content (AvgIpc) is 3.31. The summed E-state index contributed by atoms with van der Waals surface area (Å²) >= 11 is 0. The van der Waals surface area contributed by atoms with Crippen molar-refractivity contribution in [3.05, 3.63) is 89.7 Å². The first-order valence-corrected chi connectivity index (χ1v) is 9.81. The van der Waals surface area contributed by atoms with E-state index in [9.17, 15) is 14.4 Å². The average molecular weight is 410 g/mol. The predicted octanol–water partition coefficient (Wildman–Crippen LogP) is 3.54. The first-order chi connectivity index (χ1) is 15.0. The number of imidazole rings is 1. The Morgan fingerprint density at radius 2 is 1.68 bits per heavy atom. The molecule has 0 saturated heterocycles. The highest BCUT2D eigenvalue weighted by molar-refractivity contribution is 6.22. The summed E-state index contributed by atoms with van der Waals surface area (Å²) in [6, 6.07) is 18.0. The second kappa shape index (κ2) is 7.21. The molecule has 3 heterocycles. The van der Waals surface area contributed by atoms with Gasteiger partial charge in [0, 0.05) is 23.6 Å². The predicted molar refractivity (Wildman–Crippen MR) is 116 cm³/mol. The van der Waals surface area contributed by atoms with E-state index in [0.29, 0.717) is 16.8 Å². The Hall–Kier alpha value is -4.26. The maximum Gasteiger partial charge on any atom is 0.262 e. The minimum absolute atomic E-state index is 0.324. The van der Waals surface area contributed by atoms with Crippen LogP contribution in [0.5, 0.6) is 0 Å². The van der Waals surface area contributed by atoms with Crippen LogP contribution in [0.3, 0.4) is 0 Å². The van der Waals surface area contributed by atoms with Crippen molar-refractivity contribution in [2.75, 3.05) is 11.9 Å². The summed E-state index contributed by atoms with van der Waals surface area (Å²) in [5.41, 5.74) is 4.58. The summed E-state index contributed by atoms with van der Waals surface area (Å²) in [6.45, 7) is 1.54. The number of rotatable bonds is 4. The van der Waals surface area contributed by atoms with Gasteiger partial charge in [-0.3, -0.25) is 19.3 Å². The van der Waals surface area contributed by atoms with Gasteiger partial charge in [0.25, 0.3) is 11.8 Å². The molecule has 1 N–H and O–H groups in total. The number of hydrogen-bond acceptors (Lipinski definition) is 4. The Balaban J connectivity index is 1.36. The smallest absolute Gasteiger partial charge is 0.262 e. The minimum atomic E-state index is -0.453. The zero-order chi connectivity index (χ0) is 21.5. The largest absolute Gasteiger partial charge is 0.324 e. The van der Waals surface area contributed by atoms with Crippen molar-refractivity contribution in [3.8, 4) is 11.3 Å². The molecule has 7 heteroatoms. The number of nitrogens with zero attached hydrogens (tertiary/aromatic N) is 3. The van der Waals surface area contributed by atoms with Gasteiger partial charge in [0.2, 0.25) is 5.91 Å². The molecule has 1 aliphatic rings. The van der Waals surface area contributed by atoms with Crippen LogP contribution < -0.4 is 5.32 Å². The number of fused-ring (bicyclic) bond motifs is 2. The van der Waals surface area contributed by atoms with E-state index in [1.165, 1.54) is 0 Å². The molecule has 31 heavy (non-hydrogen) atoms. The molecule has 2 aromatic carbocycles. The van der Waals surface area contributed by atoms with Gasteiger partial charge >= 0.3 is 0 Å². The first kappa shape index (κ1) is 18.7. The molecule has 0 fully saturated rings. The highest BCUT2D eigenvalue weighted by Crippen LogP contribution is 2.26. The van der Waals surface area contributed by atoms with E-state index in [4.69, 9.17) is 0 Å². The van der Waals surface area contributed by atoms with E-state index in [1.54, 1.807) is 24.3 Å². The van der Waals surface area contributed by atoms with Crippen molar-refractivity contribution in [1.29, 1.82) is 0 Å². The lowest BCUT2D eigenvalue weighted by Gasteiger charge is -2.15. The van der Waals surface area contributed by atoms with Crippen LogP contribution in [-0.2, 0) is 4.79 Å². The van der Waals surface area contributed by atoms with E-state index in [-0.39, 0.29) is 6.54 Å². The van der Waals surface area contributed by atoms with Crippen LogP contribution >= 0.6 is 0 Å². The third kappa shape index (κ3) is 3.26. The molecule has 3 amide bonds. The zero-order valence-electron chi connectivity index (χ0n) is 16.7. The zero-order valence-corrected chi connectivity index (χ0v) is 16.7. The summed E-state index contributed by atoms with van der Waals surface area (Å²) in [5, 5.41) is 2.83. The summed E-state index contributed by atoms with van der Waals surface area (Å²) in [6.07, 6.45) is 3.84. The number of amides is 3. The van der Waals surface area contributed by atoms with Gasteiger partial charge in [-0.25, -0.2) is 4.98 Å². The number of hydrogen-bond donors (Lipinski definition) is 1. The molecule has 0 aliphatic carbocycles. The molecule has 0 radical (unpaired) electrons. The van der Waals surface area contributed by atoms with Crippen LogP contribution in [0.1, 0.15) is 26.3 Å². The van der Waals surface area contributed by atoms with E-state index in [0.717, 1.165) is 27.4 Å². The van der Waals surface area contributed by atoms with Gasteiger partial charge in [0.1, 0.15) is 12.2 Å². The third-order valence-corrected chi connectivity index (χ3v) is 5.35. The Labute approximate surface area is 177 Å². The van der Waals surface area contributed by atoms with Gasteiger partial charge in [-0.05, 0) is 42.8 Å². The lowest BCUT2D eigenvalue weighted by Crippen LogP contribution is -2.37. The summed E-state index contributed by atoms with van der Waals surface area (Å²) in [5.74, 6) is -1.35. The number of carbonyl (C=O) groups is 3. The van der Waals surface area contributed by atoms with E-state index >= 15 is 0 Å².